The van der Waals surface area contributed by atoms with Gasteiger partial charge in [-0.3, -0.25) is 0 Å². The van der Waals surface area contributed by atoms with Crippen molar-refractivity contribution in [2.75, 3.05) is 0 Å². The number of hydrogen-bond acceptors (Lipinski definition) is 3. The summed E-state index contributed by atoms with van der Waals surface area (Å²) in [5.74, 6) is 1.10. The van der Waals surface area contributed by atoms with E-state index in [2.05, 4.69) is 9.98 Å². The normalized spacial score (nSPS) is 11.3. The van der Waals surface area contributed by atoms with E-state index in [1.807, 2.05) is 30.3 Å². The number of halogens is 1. The van der Waals surface area contributed by atoms with Gasteiger partial charge in [0.25, 0.3) is 0 Å². The number of hydrogen-bond donors (Lipinski definition) is 1. The van der Waals surface area contributed by atoms with Crippen LogP contribution in [0.1, 0.15) is 11.1 Å². The lowest BCUT2D eigenvalue weighted by atomic mass is 10.1. The topological polar surface area (TPSA) is 60.5 Å². The lowest BCUT2D eigenvalue weighted by Gasteiger charge is -2.09. The Balaban J connectivity index is 1.72. The minimum atomic E-state index is -0.277. The molecule has 3 rings (SSSR count). The highest BCUT2D eigenvalue weighted by Gasteiger charge is 2.06. The first kappa shape index (κ1) is 16.6. The first-order chi connectivity index (χ1) is 12.2. The zero-order valence-corrected chi connectivity index (χ0v) is 13.6. The Morgan fingerprint density at radius 1 is 0.960 bits per heavy atom. The van der Waals surface area contributed by atoms with Crippen LogP contribution in [0.5, 0.6) is 5.75 Å². The molecule has 0 aliphatic heterocycles. The predicted molar refractivity (Wildman–Crippen MR) is 96.4 cm³/mol. The van der Waals surface area contributed by atoms with Crippen molar-refractivity contribution in [3.8, 4) is 5.75 Å². The van der Waals surface area contributed by atoms with Crippen LogP contribution in [0.2, 0.25) is 0 Å². The molecular weight excluding hydrogens is 317 g/mol. The molecule has 0 spiro atoms. The van der Waals surface area contributed by atoms with Gasteiger partial charge in [0.1, 0.15) is 18.3 Å². The Morgan fingerprint density at radius 2 is 1.72 bits per heavy atom. The third-order valence-electron chi connectivity index (χ3n) is 3.54. The molecule has 0 aliphatic carbocycles. The van der Waals surface area contributed by atoms with Crippen molar-refractivity contribution >= 4 is 11.7 Å². The summed E-state index contributed by atoms with van der Waals surface area (Å²) in [7, 11) is 0. The van der Waals surface area contributed by atoms with Crippen LogP contribution in [0, 0.1) is 5.82 Å². The van der Waals surface area contributed by atoms with Gasteiger partial charge in [0.05, 0.1) is 0 Å². The maximum absolute atomic E-state index is 13.0. The summed E-state index contributed by atoms with van der Waals surface area (Å²) in [4.78, 5) is 8.59. The van der Waals surface area contributed by atoms with E-state index in [9.17, 15) is 4.39 Å². The number of aliphatic imine (C=N–C) groups is 1. The number of aromatic nitrogens is 1. The fourth-order valence-corrected chi connectivity index (χ4v) is 2.30. The van der Waals surface area contributed by atoms with Crippen LogP contribution in [-0.4, -0.2) is 10.8 Å². The van der Waals surface area contributed by atoms with Gasteiger partial charge >= 0.3 is 0 Å². The average Bonchev–Trinajstić information content (AvgIpc) is 2.64. The number of rotatable bonds is 6. The second kappa shape index (κ2) is 8.06. The summed E-state index contributed by atoms with van der Waals surface area (Å²) >= 11 is 0. The Kier molecular flexibility index (Phi) is 5.36. The SMILES string of the molecule is NC(Cc1ccc(F)cc1)=Nc1ncccc1OCc1ccccc1. The van der Waals surface area contributed by atoms with Crippen LogP contribution in [0.4, 0.5) is 10.2 Å². The molecule has 25 heavy (non-hydrogen) atoms. The second-order valence-corrected chi connectivity index (χ2v) is 5.51. The molecule has 4 nitrogen and oxygen atoms in total. The Labute approximate surface area is 145 Å². The molecule has 0 atom stereocenters. The highest BCUT2D eigenvalue weighted by Crippen LogP contribution is 2.25. The van der Waals surface area contributed by atoms with Crippen LogP contribution in [0.25, 0.3) is 0 Å². The van der Waals surface area contributed by atoms with E-state index in [1.54, 1.807) is 30.5 Å². The number of benzene rings is 2. The molecule has 0 saturated heterocycles. The smallest absolute Gasteiger partial charge is 0.196 e. The quantitative estimate of drug-likeness (QED) is 0.546. The zero-order valence-electron chi connectivity index (χ0n) is 13.6. The molecule has 0 aliphatic rings. The third-order valence-corrected chi connectivity index (χ3v) is 3.54. The second-order valence-electron chi connectivity index (χ2n) is 5.51. The largest absolute Gasteiger partial charge is 0.485 e. The van der Waals surface area contributed by atoms with Crippen LogP contribution >= 0.6 is 0 Å². The molecule has 0 amide bonds. The van der Waals surface area contributed by atoms with E-state index in [0.29, 0.717) is 30.4 Å². The van der Waals surface area contributed by atoms with Gasteiger partial charge in [0, 0.05) is 12.6 Å². The van der Waals surface area contributed by atoms with E-state index in [0.717, 1.165) is 11.1 Å². The number of pyridine rings is 1. The summed E-state index contributed by atoms with van der Waals surface area (Å²) in [5.41, 5.74) is 7.95. The molecule has 5 heteroatoms. The summed E-state index contributed by atoms with van der Waals surface area (Å²) in [5, 5.41) is 0. The van der Waals surface area contributed by atoms with Gasteiger partial charge in [-0.25, -0.2) is 14.4 Å². The van der Waals surface area contributed by atoms with E-state index in [4.69, 9.17) is 10.5 Å². The summed E-state index contributed by atoms with van der Waals surface area (Å²) < 4.78 is 18.8. The summed E-state index contributed by atoms with van der Waals surface area (Å²) in [6, 6.07) is 19.6. The monoisotopic (exact) mass is 335 g/mol. The molecule has 2 aromatic carbocycles. The van der Waals surface area contributed by atoms with Crippen molar-refractivity contribution in [3.05, 3.63) is 89.9 Å². The lowest BCUT2D eigenvalue weighted by molar-refractivity contribution is 0.306. The zero-order chi connectivity index (χ0) is 17.5. The number of ether oxygens (including phenoxy) is 1. The van der Waals surface area contributed by atoms with Gasteiger partial charge < -0.3 is 10.5 Å². The molecule has 2 N–H and O–H groups in total. The highest BCUT2D eigenvalue weighted by atomic mass is 19.1. The highest BCUT2D eigenvalue weighted by molar-refractivity contribution is 5.85. The first-order valence-electron chi connectivity index (χ1n) is 7.90. The van der Waals surface area contributed by atoms with Crippen molar-refractivity contribution in [1.29, 1.82) is 0 Å². The van der Waals surface area contributed by atoms with Gasteiger partial charge in [-0.05, 0) is 35.4 Å². The molecule has 0 bridgehead atoms. The number of nitrogens with zero attached hydrogens (tertiary/aromatic N) is 2. The van der Waals surface area contributed by atoms with Crippen LogP contribution < -0.4 is 10.5 Å². The van der Waals surface area contributed by atoms with Crippen molar-refractivity contribution in [3.63, 3.8) is 0 Å². The van der Waals surface area contributed by atoms with E-state index in [1.165, 1.54) is 12.1 Å². The summed E-state index contributed by atoms with van der Waals surface area (Å²) in [6.45, 7) is 0.424. The fourth-order valence-electron chi connectivity index (χ4n) is 2.30. The Bertz CT molecular complexity index is 848. The van der Waals surface area contributed by atoms with Crippen LogP contribution in [0.3, 0.4) is 0 Å². The fraction of sp³-hybridized carbons (Fsp3) is 0.100. The Morgan fingerprint density at radius 3 is 2.48 bits per heavy atom. The maximum Gasteiger partial charge on any atom is 0.196 e. The van der Waals surface area contributed by atoms with E-state index >= 15 is 0 Å². The lowest BCUT2D eigenvalue weighted by Crippen LogP contribution is -2.14. The molecular formula is C20H18FN3O. The molecule has 0 fully saturated rings. The first-order valence-corrected chi connectivity index (χ1v) is 7.90. The Hall–Kier alpha value is -3.21. The summed E-state index contributed by atoms with van der Waals surface area (Å²) in [6.07, 6.45) is 2.05. The van der Waals surface area contributed by atoms with Gasteiger partial charge in [-0.15, -0.1) is 0 Å². The van der Waals surface area contributed by atoms with E-state index < -0.39 is 0 Å². The van der Waals surface area contributed by atoms with Gasteiger partial charge in [-0.2, -0.15) is 0 Å². The number of nitrogens with two attached hydrogens (primary N) is 1. The molecule has 0 saturated carbocycles. The minimum absolute atomic E-state index is 0.277. The van der Waals surface area contributed by atoms with Crippen molar-refractivity contribution in [2.45, 2.75) is 13.0 Å². The minimum Gasteiger partial charge on any atom is -0.485 e. The molecule has 1 aromatic heterocycles. The number of amidine groups is 1. The molecule has 1 heterocycles. The van der Waals surface area contributed by atoms with Gasteiger partial charge in [0.15, 0.2) is 11.6 Å². The van der Waals surface area contributed by atoms with Gasteiger partial charge in [0.2, 0.25) is 0 Å². The van der Waals surface area contributed by atoms with Crippen molar-refractivity contribution < 1.29 is 9.13 Å². The standard InChI is InChI=1S/C20H18FN3O/c21-17-10-8-15(9-11-17)13-19(22)24-20-18(7-4-12-23-20)25-14-16-5-2-1-3-6-16/h1-12H,13-14H2,(H2,22,23,24). The maximum atomic E-state index is 13.0. The molecule has 126 valence electrons. The van der Waals surface area contributed by atoms with Crippen molar-refractivity contribution in [1.82, 2.24) is 4.98 Å². The molecule has 3 aromatic rings. The van der Waals surface area contributed by atoms with Gasteiger partial charge in [-0.1, -0.05) is 42.5 Å². The van der Waals surface area contributed by atoms with E-state index in [-0.39, 0.29) is 5.82 Å². The van der Waals surface area contributed by atoms with Crippen LogP contribution in [0.15, 0.2) is 77.9 Å². The average molecular weight is 335 g/mol. The molecule has 0 radical (unpaired) electrons. The van der Waals surface area contributed by atoms with Crippen molar-refractivity contribution in [2.24, 2.45) is 10.7 Å². The molecule has 0 unspecified atom stereocenters. The van der Waals surface area contributed by atoms with Crippen LogP contribution in [-0.2, 0) is 13.0 Å². The third kappa shape index (κ3) is 4.88. The predicted octanol–water partition coefficient (Wildman–Crippen LogP) is 4.03.